The second-order valence-electron chi connectivity index (χ2n) is 6.35. The van der Waals surface area contributed by atoms with Gasteiger partial charge in [0.15, 0.2) is 17.2 Å². The van der Waals surface area contributed by atoms with Crippen molar-refractivity contribution in [2.24, 2.45) is 0 Å². The van der Waals surface area contributed by atoms with Crippen LogP contribution < -0.4 is 20.3 Å². The molecule has 0 bridgehead atoms. The van der Waals surface area contributed by atoms with Crippen molar-refractivity contribution in [3.8, 4) is 11.5 Å². The van der Waals surface area contributed by atoms with E-state index >= 15 is 0 Å². The first kappa shape index (κ1) is 18.5. The number of aryl methyl sites for hydroxylation is 1. The Kier molecular flexibility index (Phi) is 5.04. The van der Waals surface area contributed by atoms with E-state index in [0.717, 1.165) is 6.42 Å². The first-order valence-electron chi connectivity index (χ1n) is 8.99. The minimum absolute atomic E-state index is 0.199. The van der Waals surface area contributed by atoms with Crippen LogP contribution in [0.25, 0.3) is 10.8 Å². The van der Waals surface area contributed by atoms with E-state index in [9.17, 15) is 9.59 Å². The average Bonchev–Trinajstić information content (AvgIpc) is 2.70. The van der Waals surface area contributed by atoms with Crippen molar-refractivity contribution in [1.29, 1.82) is 0 Å². The molecule has 1 amide bonds. The number of nitrogens with zero attached hydrogens (tertiary/aromatic N) is 2. The number of aromatic nitrogens is 2. The highest BCUT2D eigenvalue weighted by Crippen LogP contribution is 2.38. The number of halogens is 1. The quantitative estimate of drug-likeness (QED) is 0.665. The fourth-order valence-corrected chi connectivity index (χ4v) is 3.53. The summed E-state index contributed by atoms with van der Waals surface area (Å²) in [6, 6.07) is 10.5. The fraction of sp³-hybridized carbons (Fsp3) is 0.250. The zero-order chi connectivity index (χ0) is 19.7. The van der Waals surface area contributed by atoms with Gasteiger partial charge in [-0.1, -0.05) is 25.1 Å². The topological polar surface area (TPSA) is 82.5 Å². The summed E-state index contributed by atoms with van der Waals surface area (Å²) in [4.78, 5) is 25.6. The van der Waals surface area contributed by atoms with Crippen LogP contribution in [0.3, 0.4) is 0 Å². The number of rotatable bonds is 4. The number of amides is 1. The van der Waals surface area contributed by atoms with Gasteiger partial charge in [0, 0.05) is 28.5 Å². The molecule has 1 aliphatic rings. The van der Waals surface area contributed by atoms with Gasteiger partial charge in [-0.25, -0.2) is 4.68 Å². The number of fused-ring (bicyclic) bond motifs is 2. The van der Waals surface area contributed by atoms with Crippen LogP contribution in [0.15, 0.2) is 45.7 Å². The minimum atomic E-state index is -0.404. The van der Waals surface area contributed by atoms with E-state index in [1.807, 2.05) is 6.92 Å². The lowest BCUT2D eigenvalue weighted by molar-refractivity contribution is 0.102. The van der Waals surface area contributed by atoms with E-state index in [-0.39, 0.29) is 11.3 Å². The highest BCUT2D eigenvalue weighted by molar-refractivity contribution is 9.10. The van der Waals surface area contributed by atoms with E-state index in [4.69, 9.17) is 9.47 Å². The highest BCUT2D eigenvalue weighted by Gasteiger charge is 2.20. The second-order valence-corrected chi connectivity index (χ2v) is 7.21. The van der Waals surface area contributed by atoms with Crippen molar-refractivity contribution in [3.63, 3.8) is 0 Å². The number of nitrogens with one attached hydrogen (secondary N) is 1. The van der Waals surface area contributed by atoms with Crippen molar-refractivity contribution in [1.82, 2.24) is 9.78 Å². The maximum Gasteiger partial charge on any atom is 0.276 e. The van der Waals surface area contributed by atoms with Crippen LogP contribution in [0, 0.1) is 0 Å². The molecule has 0 atom stereocenters. The maximum atomic E-state index is 13.0. The molecule has 2 aromatic carbocycles. The van der Waals surface area contributed by atoms with Gasteiger partial charge in [-0.3, -0.25) is 9.59 Å². The highest BCUT2D eigenvalue weighted by atomic mass is 79.9. The van der Waals surface area contributed by atoms with Gasteiger partial charge < -0.3 is 14.8 Å². The normalized spacial score (nSPS) is 12.8. The van der Waals surface area contributed by atoms with Crippen LogP contribution in [0.4, 0.5) is 5.69 Å². The molecule has 144 valence electrons. The average molecular weight is 444 g/mol. The number of carbonyl (C=O) groups is 1. The van der Waals surface area contributed by atoms with Crippen molar-refractivity contribution < 1.29 is 14.3 Å². The van der Waals surface area contributed by atoms with Gasteiger partial charge in [0.1, 0.15) is 13.2 Å². The zero-order valence-electron chi connectivity index (χ0n) is 15.2. The number of hydrogen-bond acceptors (Lipinski definition) is 5. The molecular formula is C20H18BrN3O4. The molecule has 8 heteroatoms. The van der Waals surface area contributed by atoms with Crippen LogP contribution in [-0.4, -0.2) is 28.9 Å². The van der Waals surface area contributed by atoms with Crippen molar-refractivity contribution in [2.75, 3.05) is 18.5 Å². The Morgan fingerprint density at radius 2 is 1.86 bits per heavy atom. The molecule has 0 spiro atoms. The molecule has 0 unspecified atom stereocenters. The van der Waals surface area contributed by atoms with Gasteiger partial charge >= 0.3 is 0 Å². The van der Waals surface area contributed by atoms with Gasteiger partial charge in [0.2, 0.25) is 0 Å². The SMILES string of the molecule is CCCn1nc(C(=O)Nc2cc3c(cc2Br)OCCO3)c2ccccc2c1=O. The number of benzene rings is 2. The number of anilines is 1. The smallest absolute Gasteiger partial charge is 0.276 e. The van der Waals surface area contributed by atoms with Gasteiger partial charge in [-0.15, -0.1) is 0 Å². The molecule has 0 radical (unpaired) electrons. The Labute approximate surface area is 169 Å². The lowest BCUT2D eigenvalue weighted by atomic mass is 10.1. The standard InChI is InChI=1S/C20H18BrN3O4/c1-2-7-24-20(26)13-6-4-3-5-12(13)18(23-24)19(25)22-15-11-17-16(10-14(15)21)27-8-9-28-17/h3-6,10-11H,2,7-9H2,1H3,(H,22,25). The fourth-order valence-electron chi connectivity index (χ4n) is 3.11. The van der Waals surface area contributed by atoms with Crippen LogP contribution in [0.5, 0.6) is 11.5 Å². The third-order valence-corrected chi connectivity index (χ3v) is 5.05. The molecule has 1 aliphatic heterocycles. The van der Waals surface area contributed by atoms with Gasteiger partial charge in [0.25, 0.3) is 11.5 Å². The van der Waals surface area contributed by atoms with E-state index in [2.05, 4.69) is 26.3 Å². The largest absolute Gasteiger partial charge is 0.486 e. The molecular weight excluding hydrogens is 426 g/mol. The van der Waals surface area contributed by atoms with E-state index < -0.39 is 5.91 Å². The number of ether oxygens (including phenoxy) is 2. The lowest BCUT2D eigenvalue weighted by Gasteiger charge is -2.20. The van der Waals surface area contributed by atoms with Crippen LogP contribution in [-0.2, 0) is 6.54 Å². The molecule has 3 aromatic rings. The summed E-state index contributed by atoms with van der Waals surface area (Å²) in [5.41, 5.74) is 0.535. The summed E-state index contributed by atoms with van der Waals surface area (Å²) in [6.07, 6.45) is 0.736. The number of hydrogen-bond donors (Lipinski definition) is 1. The third-order valence-electron chi connectivity index (χ3n) is 4.40. The molecule has 0 aliphatic carbocycles. The maximum absolute atomic E-state index is 13.0. The summed E-state index contributed by atoms with van der Waals surface area (Å²) in [5.74, 6) is 0.785. The third kappa shape index (κ3) is 3.35. The molecule has 0 fully saturated rings. The molecule has 28 heavy (non-hydrogen) atoms. The first-order valence-corrected chi connectivity index (χ1v) is 9.78. The number of carbonyl (C=O) groups excluding carboxylic acids is 1. The zero-order valence-corrected chi connectivity index (χ0v) is 16.8. The van der Waals surface area contributed by atoms with Crippen LogP contribution in [0.1, 0.15) is 23.8 Å². The van der Waals surface area contributed by atoms with Crippen LogP contribution >= 0.6 is 15.9 Å². The van der Waals surface area contributed by atoms with Crippen molar-refractivity contribution in [3.05, 3.63) is 56.9 Å². The predicted octanol–water partition coefficient (Wildman–Crippen LogP) is 3.59. The van der Waals surface area contributed by atoms with Gasteiger partial charge in [-0.2, -0.15) is 5.10 Å². The molecule has 1 N–H and O–H groups in total. The Morgan fingerprint density at radius 1 is 1.18 bits per heavy atom. The van der Waals surface area contributed by atoms with E-state index in [1.165, 1.54) is 4.68 Å². The summed E-state index contributed by atoms with van der Waals surface area (Å²) >= 11 is 3.45. The molecule has 1 aromatic heterocycles. The van der Waals surface area contributed by atoms with Gasteiger partial charge in [0.05, 0.1) is 11.1 Å². The summed E-state index contributed by atoms with van der Waals surface area (Å²) in [5, 5.41) is 8.17. The first-order chi connectivity index (χ1) is 13.6. The predicted molar refractivity (Wildman–Crippen MR) is 109 cm³/mol. The Morgan fingerprint density at radius 3 is 2.57 bits per heavy atom. The lowest BCUT2D eigenvalue weighted by Crippen LogP contribution is -2.27. The summed E-state index contributed by atoms with van der Waals surface area (Å²) in [6.45, 7) is 3.34. The van der Waals surface area contributed by atoms with Gasteiger partial charge in [-0.05, 0) is 28.4 Å². The Balaban J connectivity index is 1.75. The Hall–Kier alpha value is -2.87. The molecule has 4 rings (SSSR count). The second kappa shape index (κ2) is 7.63. The Bertz CT molecular complexity index is 1130. The van der Waals surface area contributed by atoms with Crippen LogP contribution in [0.2, 0.25) is 0 Å². The minimum Gasteiger partial charge on any atom is -0.486 e. The van der Waals surface area contributed by atoms with Crippen molar-refractivity contribution in [2.45, 2.75) is 19.9 Å². The molecule has 7 nitrogen and oxygen atoms in total. The van der Waals surface area contributed by atoms with E-state index in [0.29, 0.717) is 52.2 Å². The summed E-state index contributed by atoms with van der Waals surface area (Å²) < 4.78 is 13.1. The monoisotopic (exact) mass is 443 g/mol. The molecule has 2 heterocycles. The van der Waals surface area contributed by atoms with E-state index in [1.54, 1.807) is 36.4 Å². The van der Waals surface area contributed by atoms with Crippen molar-refractivity contribution >= 4 is 38.3 Å². The molecule has 0 saturated carbocycles. The molecule has 0 saturated heterocycles. The summed E-state index contributed by atoms with van der Waals surface area (Å²) in [7, 11) is 0.